The van der Waals surface area contributed by atoms with Crippen LogP contribution in [0, 0.1) is 0 Å². The molecule has 7 heteroatoms. The molecule has 3 rings (SSSR count). The highest BCUT2D eigenvalue weighted by atomic mass is 35.5. The van der Waals surface area contributed by atoms with Crippen LogP contribution in [0.4, 0.5) is 5.69 Å². The van der Waals surface area contributed by atoms with E-state index < -0.39 is 0 Å². The van der Waals surface area contributed by atoms with Crippen LogP contribution in [-0.4, -0.2) is 26.0 Å². The van der Waals surface area contributed by atoms with Gasteiger partial charge in [0, 0.05) is 17.1 Å². The molecule has 2 N–H and O–H groups in total. The van der Waals surface area contributed by atoms with Crippen LogP contribution in [-0.2, 0) is 0 Å². The molecule has 0 fully saturated rings. The smallest absolute Gasteiger partial charge is 0.267 e. The van der Waals surface area contributed by atoms with Crippen LogP contribution >= 0.6 is 22.9 Å². The van der Waals surface area contributed by atoms with Gasteiger partial charge < -0.3 is 15.4 Å². The maximum absolute atomic E-state index is 12.7. The molecule has 0 bridgehead atoms. The van der Waals surface area contributed by atoms with Gasteiger partial charge in [0.05, 0.1) is 23.4 Å². The third-order valence-corrected chi connectivity index (χ3v) is 5.35. The van der Waals surface area contributed by atoms with Crippen LogP contribution in [0.5, 0.6) is 5.75 Å². The number of anilines is 1. The first-order chi connectivity index (χ1) is 12.0. The molecule has 0 aliphatic carbocycles. The van der Waals surface area contributed by atoms with Gasteiger partial charge in [0.2, 0.25) is 0 Å². The summed E-state index contributed by atoms with van der Waals surface area (Å²) in [6.07, 6.45) is 0. The highest BCUT2D eigenvalue weighted by Gasteiger charge is 2.19. The van der Waals surface area contributed by atoms with Crippen LogP contribution in [0.3, 0.4) is 0 Å². The Balaban J connectivity index is 1.96. The Morgan fingerprint density at radius 3 is 2.60 bits per heavy atom. The van der Waals surface area contributed by atoms with Crippen molar-refractivity contribution in [2.24, 2.45) is 0 Å². The van der Waals surface area contributed by atoms with E-state index in [1.807, 2.05) is 12.1 Å². The molecule has 0 atom stereocenters. The van der Waals surface area contributed by atoms with E-state index in [4.69, 9.17) is 16.3 Å². The summed E-state index contributed by atoms with van der Waals surface area (Å²) in [5, 5.41) is 6.50. The van der Waals surface area contributed by atoms with Crippen molar-refractivity contribution >= 4 is 50.5 Å². The summed E-state index contributed by atoms with van der Waals surface area (Å²) in [4.78, 5) is 25.0. The average Bonchev–Trinajstić information content (AvgIpc) is 2.97. The van der Waals surface area contributed by atoms with Crippen LogP contribution in [0.15, 0.2) is 42.5 Å². The minimum atomic E-state index is -0.360. The van der Waals surface area contributed by atoms with Gasteiger partial charge in [-0.25, -0.2) is 0 Å². The molecule has 0 saturated heterocycles. The van der Waals surface area contributed by atoms with Gasteiger partial charge in [0.1, 0.15) is 10.6 Å². The van der Waals surface area contributed by atoms with Crippen molar-refractivity contribution in [2.75, 3.05) is 19.5 Å². The summed E-state index contributed by atoms with van der Waals surface area (Å²) in [5.74, 6) is 0.0620. The Morgan fingerprint density at radius 1 is 1.12 bits per heavy atom. The summed E-state index contributed by atoms with van der Waals surface area (Å²) in [5.41, 5.74) is 0.815. The van der Waals surface area contributed by atoms with Gasteiger partial charge in [0.15, 0.2) is 0 Å². The molecule has 0 spiro atoms. The predicted octanol–water partition coefficient (Wildman–Crippen LogP) is 4.18. The second-order valence-electron chi connectivity index (χ2n) is 5.19. The standard InChI is InChI=1S/C18H15ClN2O3S/c1-20-17(22)11-5-3-4-6-13(11)21-18(23)16-15(19)12-8-7-10(24-2)9-14(12)25-16/h3-9H,1-2H3,(H,20,22)(H,21,23). The largest absolute Gasteiger partial charge is 0.497 e. The first kappa shape index (κ1) is 17.3. The molecular weight excluding hydrogens is 360 g/mol. The normalized spacial score (nSPS) is 10.5. The summed E-state index contributed by atoms with van der Waals surface area (Å²) in [6, 6.07) is 12.3. The second kappa shape index (κ2) is 7.13. The first-order valence-electron chi connectivity index (χ1n) is 7.43. The van der Waals surface area contributed by atoms with Gasteiger partial charge in [0.25, 0.3) is 11.8 Å². The van der Waals surface area contributed by atoms with Crippen LogP contribution in [0.25, 0.3) is 10.1 Å². The van der Waals surface area contributed by atoms with Crippen LogP contribution in [0.1, 0.15) is 20.0 Å². The van der Waals surface area contributed by atoms with Crippen molar-refractivity contribution in [3.05, 3.63) is 57.9 Å². The third kappa shape index (κ3) is 3.31. The molecule has 0 radical (unpaired) electrons. The molecule has 5 nitrogen and oxygen atoms in total. The lowest BCUT2D eigenvalue weighted by Gasteiger charge is -2.09. The highest BCUT2D eigenvalue weighted by molar-refractivity contribution is 7.21. The third-order valence-electron chi connectivity index (χ3n) is 3.69. The molecule has 3 aromatic rings. The fourth-order valence-corrected chi connectivity index (χ4v) is 3.86. The Morgan fingerprint density at radius 2 is 1.88 bits per heavy atom. The quantitative estimate of drug-likeness (QED) is 0.720. The predicted molar refractivity (Wildman–Crippen MR) is 101 cm³/mol. The number of nitrogens with one attached hydrogen (secondary N) is 2. The molecule has 2 aromatic carbocycles. The molecule has 0 saturated carbocycles. The molecule has 1 heterocycles. The number of methoxy groups -OCH3 is 1. The number of fused-ring (bicyclic) bond motifs is 1. The zero-order chi connectivity index (χ0) is 18.0. The highest BCUT2D eigenvalue weighted by Crippen LogP contribution is 2.37. The molecule has 2 amide bonds. The Labute approximate surface area is 153 Å². The van der Waals surface area contributed by atoms with Crippen molar-refractivity contribution in [3.8, 4) is 5.75 Å². The number of halogens is 1. The van der Waals surface area contributed by atoms with Gasteiger partial charge in [-0.1, -0.05) is 23.7 Å². The van der Waals surface area contributed by atoms with E-state index in [1.54, 1.807) is 37.4 Å². The van der Waals surface area contributed by atoms with Crippen LogP contribution in [0.2, 0.25) is 5.02 Å². The van der Waals surface area contributed by atoms with E-state index in [0.29, 0.717) is 26.9 Å². The maximum Gasteiger partial charge on any atom is 0.267 e. The number of hydrogen-bond donors (Lipinski definition) is 2. The van der Waals surface area contributed by atoms with Gasteiger partial charge in [-0.05, 0) is 30.3 Å². The summed E-state index contributed by atoms with van der Waals surface area (Å²) < 4.78 is 6.06. The molecule has 128 valence electrons. The average molecular weight is 375 g/mol. The van der Waals surface area contributed by atoms with Crippen LogP contribution < -0.4 is 15.4 Å². The fraction of sp³-hybridized carbons (Fsp3) is 0.111. The van der Waals surface area contributed by atoms with Gasteiger partial charge >= 0.3 is 0 Å². The maximum atomic E-state index is 12.7. The zero-order valence-corrected chi connectivity index (χ0v) is 15.1. The Bertz CT molecular complexity index is 968. The number of para-hydroxylation sites is 1. The lowest BCUT2D eigenvalue weighted by molar-refractivity contribution is 0.0964. The molecular formula is C18H15ClN2O3S. The SMILES string of the molecule is CNC(=O)c1ccccc1NC(=O)c1sc2cc(OC)ccc2c1Cl. The number of carbonyl (C=O) groups excluding carboxylic acids is 2. The summed E-state index contributed by atoms with van der Waals surface area (Å²) >= 11 is 7.65. The summed E-state index contributed by atoms with van der Waals surface area (Å²) in [7, 11) is 3.12. The van der Waals surface area contributed by atoms with Crippen molar-refractivity contribution in [1.82, 2.24) is 5.32 Å². The van der Waals surface area contributed by atoms with E-state index in [-0.39, 0.29) is 11.8 Å². The Hall–Kier alpha value is -2.57. The molecule has 0 aliphatic heterocycles. The topological polar surface area (TPSA) is 67.4 Å². The van der Waals surface area contributed by atoms with E-state index in [0.717, 1.165) is 10.1 Å². The van der Waals surface area contributed by atoms with E-state index in [1.165, 1.54) is 18.4 Å². The zero-order valence-electron chi connectivity index (χ0n) is 13.6. The molecule has 0 unspecified atom stereocenters. The summed E-state index contributed by atoms with van der Waals surface area (Å²) in [6.45, 7) is 0. The van der Waals surface area contributed by atoms with E-state index >= 15 is 0 Å². The lowest BCUT2D eigenvalue weighted by atomic mass is 10.1. The van der Waals surface area contributed by atoms with Gasteiger partial charge in [-0.15, -0.1) is 11.3 Å². The van der Waals surface area contributed by atoms with Gasteiger partial charge in [-0.3, -0.25) is 9.59 Å². The molecule has 25 heavy (non-hydrogen) atoms. The van der Waals surface area contributed by atoms with Gasteiger partial charge in [-0.2, -0.15) is 0 Å². The number of carbonyl (C=O) groups is 2. The number of rotatable bonds is 4. The van der Waals surface area contributed by atoms with Crippen molar-refractivity contribution < 1.29 is 14.3 Å². The molecule has 0 aliphatic rings. The van der Waals surface area contributed by atoms with Crippen molar-refractivity contribution in [2.45, 2.75) is 0 Å². The minimum Gasteiger partial charge on any atom is -0.497 e. The monoisotopic (exact) mass is 374 g/mol. The number of amides is 2. The van der Waals surface area contributed by atoms with Crippen molar-refractivity contribution in [3.63, 3.8) is 0 Å². The number of ether oxygens (including phenoxy) is 1. The van der Waals surface area contributed by atoms with E-state index in [2.05, 4.69) is 10.6 Å². The Kier molecular flexibility index (Phi) is 4.92. The van der Waals surface area contributed by atoms with Crippen molar-refractivity contribution in [1.29, 1.82) is 0 Å². The van der Waals surface area contributed by atoms with E-state index in [9.17, 15) is 9.59 Å². The molecule has 1 aromatic heterocycles. The number of hydrogen-bond acceptors (Lipinski definition) is 4. The first-order valence-corrected chi connectivity index (χ1v) is 8.63. The number of thiophene rings is 1. The second-order valence-corrected chi connectivity index (χ2v) is 6.62. The lowest BCUT2D eigenvalue weighted by Crippen LogP contribution is -2.21. The number of benzene rings is 2. The fourth-order valence-electron chi connectivity index (χ4n) is 2.42. The minimum absolute atomic E-state index is 0.275.